The lowest BCUT2D eigenvalue weighted by atomic mass is 10.1. The maximum atomic E-state index is 12.4. The number of nitrogens with one attached hydrogen (secondary N) is 1. The van der Waals surface area contributed by atoms with E-state index in [1.54, 1.807) is 0 Å². The van der Waals surface area contributed by atoms with E-state index in [2.05, 4.69) is 16.5 Å². The molecule has 6 nitrogen and oxygen atoms in total. The fourth-order valence-corrected chi connectivity index (χ4v) is 2.79. The highest BCUT2D eigenvalue weighted by atomic mass is 35.5. The molecule has 0 saturated carbocycles. The van der Waals surface area contributed by atoms with Gasteiger partial charge in [0.15, 0.2) is 0 Å². The van der Waals surface area contributed by atoms with E-state index in [0.29, 0.717) is 32.8 Å². The Morgan fingerprint density at radius 3 is 2.74 bits per heavy atom. The molecule has 2 unspecified atom stereocenters. The number of rotatable bonds is 5. The first-order valence-electron chi connectivity index (χ1n) is 7.57. The van der Waals surface area contributed by atoms with Crippen LogP contribution in [0.5, 0.6) is 0 Å². The standard InChI is InChI=1S/C15H26N4O2.2ClH/c1-11(8-16-4)15(20)18-5-6-21-14(9-18)10-19-13(3)7-12(2)17-19;;/h7,11,14,16H,5-6,8-10H2,1-4H3;2*1H. The fourth-order valence-electron chi connectivity index (χ4n) is 2.79. The molecule has 0 aliphatic carbocycles. The molecular formula is C15H28Cl2N4O2. The summed E-state index contributed by atoms with van der Waals surface area (Å²) in [6.07, 6.45) is 0.0162. The van der Waals surface area contributed by atoms with E-state index in [-0.39, 0.29) is 42.7 Å². The van der Waals surface area contributed by atoms with Crippen molar-refractivity contribution >= 4 is 30.7 Å². The van der Waals surface area contributed by atoms with Crippen LogP contribution in [-0.2, 0) is 16.1 Å². The van der Waals surface area contributed by atoms with Gasteiger partial charge in [0.25, 0.3) is 0 Å². The molecule has 1 aliphatic heterocycles. The smallest absolute Gasteiger partial charge is 0.226 e. The van der Waals surface area contributed by atoms with Crippen molar-refractivity contribution in [3.8, 4) is 0 Å². The molecule has 1 aromatic heterocycles. The number of carbonyl (C=O) groups is 1. The summed E-state index contributed by atoms with van der Waals surface area (Å²) < 4.78 is 7.76. The van der Waals surface area contributed by atoms with Crippen LogP contribution in [0.1, 0.15) is 18.3 Å². The van der Waals surface area contributed by atoms with E-state index < -0.39 is 0 Å². The molecule has 1 saturated heterocycles. The molecule has 8 heteroatoms. The van der Waals surface area contributed by atoms with E-state index >= 15 is 0 Å². The van der Waals surface area contributed by atoms with Crippen LogP contribution in [0.3, 0.4) is 0 Å². The number of morpholine rings is 1. The Balaban J connectivity index is 0.00000242. The van der Waals surface area contributed by atoms with Crippen molar-refractivity contribution in [1.29, 1.82) is 0 Å². The first-order chi connectivity index (χ1) is 10.0. The van der Waals surface area contributed by atoms with Gasteiger partial charge in [0.05, 0.1) is 24.9 Å². The first-order valence-corrected chi connectivity index (χ1v) is 7.57. The molecule has 0 aromatic carbocycles. The minimum absolute atomic E-state index is 0. The van der Waals surface area contributed by atoms with Crippen molar-refractivity contribution in [1.82, 2.24) is 20.0 Å². The molecule has 2 atom stereocenters. The second kappa shape index (κ2) is 10.1. The molecule has 23 heavy (non-hydrogen) atoms. The molecule has 0 radical (unpaired) electrons. The summed E-state index contributed by atoms with van der Waals surface area (Å²) in [5.41, 5.74) is 2.14. The maximum absolute atomic E-state index is 12.4. The summed E-state index contributed by atoms with van der Waals surface area (Å²) in [7, 11) is 1.87. The van der Waals surface area contributed by atoms with Crippen molar-refractivity contribution in [2.24, 2.45) is 5.92 Å². The van der Waals surface area contributed by atoms with Gasteiger partial charge in [-0.1, -0.05) is 6.92 Å². The summed E-state index contributed by atoms with van der Waals surface area (Å²) >= 11 is 0. The molecule has 2 heterocycles. The number of aryl methyl sites for hydroxylation is 2. The van der Waals surface area contributed by atoms with E-state index in [0.717, 1.165) is 11.4 Å². The van der Waals surface area contributed by atoms with E-state index in [4.69, 9.17) is 4.74 Å². The molecule has 1 amide bonds. The number of hydrogen-bond donors (Lipinski definition) is 1. The van der Waals surface area contributed by atoms with Crippen LogP contribution in [0.2, 0.25) is 0 Å². The fraction of sp³-hybridized carbons (Fsp3) is 0.733. The van der Waals surface area contributed by atoms with Crippen molar-refractivity contribution < 1.29 is 9.53 Å². The van der Waals surface area contributed by atoms with Crippen LogP contribution in [0.4, 0.5) is 0 Å². The van der Waals surface area contributed by atoms with Crippen LogP contribution < -0.4 is 5.32 Å². The maximum Gasteiger partial charge on any atom is 0.226 e. The normalized spacial score (nSPS) is 18.8. The molecule has 0 spiro atoms. The Hall–Kier alpha value is -0.820. The highest BCUT2D eigenvalue weighted by Crippen LogP contribution is 2.12. The van der Waals surface area contributed by atoms with Crippen molar-refractivity contribution in [2.75, 3.05) is 33.3 Å². The van der Waals surface area contributed by atoms with Crippen LogP contribution in [-0.4, -0.2) is 60.0 Å². The third-order valence-corrected chi connectivity index (χ3v) is 3.86. The quantitative estimate of drug-likeness (QED) is 0.855. The Kier molecular flexibility index (Phi) is 9.77. The Morgan fingerprint density at radius 1 is 1.48 bits per heavy atom. The highest BCUT2D eigenvalue weighted by molar-refractivity contribution is 5.85. The van der Waals surface area contributed by atoms with Crippen LogP contribution in [0, 0.1) is 19.8 Å². The zero-order valence-electron chi connectivity index (χ0n) is 14.2. The lowest BCUT2D eigenvalue weighted by molar-refractivity contribution is -0.143. The van der Waals surface area contributed by atoms with Crippen molar-refractivity contribution in [3.63, 3.8) is 0 Å². The zero-order chi connectivity index (χ0) is 15.4. The minimum Gasteiger partial charge on any atom is -0.373 e. The number of halogens is 2. The van der Waals surface area contributed by atoms with Gasteiger partial charge in [-0.15, -0.1) is 24.8 Å². The monoisotopic (exact) mass is 366 g/mol. The summed E-state index contributed by atoms with van der Waals surface area (Å²) in [6.45, 7) is 9.32. The average molecular weight is 367 g/mol. The number of aromatic nitrogens is 2. The molecule has 1 fully saturated rings. The van der Waals surface area contributed by atoms with E-state index in [1.807, 2.05) is 37.4 Å². The van der Waals surface area contributed by atoms with E-state index in [1.165, 1.54) is 0 Å². The van der Waals surface area contributed by atoms with Crippen LogP contribution >= 0.6 is 24.8 Å². The predicted molar refractivity (Wildman–Crippen MR) is 95.6 cm³/mol. The van der Waals surface area contributed by atoms with Gasteiger partial charge in [-0.3, -0.25) is 9.48 Å². The summed E-state index contributed by atoms with van der Waals surface area (Å²) in [4.78, 5) is 14.3. The number of ether oxygens (including phenoxy) is 1. The van der Waals surface area contributed by atoms with Gasteiger partial charge in [0.2, 0.25) is 5.91 Å². The van der Waals surface area contributed by atoms with Crippen LogP contribution in [0.15, 0.2) is 6.07 Å². The highest BCUT2D eigenvalue weighted by Gasteiger charge is 2.27. The SMILES string of the molecule is CNCC(C)C(=O)N1CCOC(Cn2nc(C)cc2C)C1.Cl.Cl. The molecule has 1 N–H and O–H groups in total. The van der Waals surface area contributed by atoms with Gasteiger partial charge < -0.3 is 15.0 Å². The van der Waals surface area contributed by atoms with Gasteiger partial charge in [0.1, 0.15) is 0 Å². The number of hydrogen-bond acceptors (Lipinski definition) is 4. The number of nitrogens with zero attached hydrogens (tertiary/aromatic N) is 3. The minimum atomic E-state index is 0. The lowest BCUT2D eigenvalue weighted by Gasteiger charge is -2.34. The molecule has 2 rings (SSSR count). The second-order valence-electron chi connectivity index (χ2n) is 5.84. The first kappa shape index (κ1) is 22.2. The average Bonchev–Trinajstić information content (AvgIpc) is 2.76. The van der Waals surface area contributed by atoms with Gasteiger partial charge in [0, 0.05) is 31.2 Å². The second-order valence-corrected chi connectivity index (χ2v) is 5.84. The summed E-state index contributed by atoms with van der Waals surface area (Å²) in [5.74, 6) is 0.202. The third-order valence-electron chi connectivity index (χ3n) is 3.86. The van der Waals surface area contributed by atoms with Gasteiger partial charge in [-0.25, -0.2) is 0 Å². The topological polar surface area (TPSA) is 59.4 Å². The third kappa shape index (κ3) is 5.95. The Labute approximate surface area is 150 Å². The molecular weight excluding hydrogens is 339 g/mol. The van der Waals surface area contributed by atoms with Gasteiger partial charge in [-0.2, -0.15) is 5.10 Å². The molecule has 134 valence electrons. The Morgan fingerprint density at radius 2 is 2.17 bits per heavy atom. The Bertz CT molecular complexity index is 496. The zero-order valence-corrected chi connectivity index (χ0v) is 15.9. The molecule has 1 aromatic rings. The number of amides is 1. The molecule has 1 aliphatic rings. The van der Waals surface area contributed by atoms with E-state index in [9.17, 15) is 4.79 Å². The number of carbonyl (C=O) groups excluding carboxylic acids is 1. The van der Waals surface area contributed by atoms with Crippen molar-refractivity contribution in [2.45, 2.75) is 33.4 Å². The van der Waals surface area contributed by atoms with Gasteiger partial charge in [-0.05, 0) is 27.0 Å². The summed E-state index contributed by atoms with van der Waals surface area (Å²) in [6, 6.07) is 2.06. The van der Waals surface area contributed by atoms with Crippen molar-refractivity contribution in [3.05, 3.63) is 17.5 Å². The largest absolute Gasteiger partial charge is 0.373 e. The predicted octanol–water partition coefficient (Wildman–Crippen LogP) is 1.43. The summed E-state index contributed by atoms with van der Waals surface area (Å²) in [5, 5.41) is 7.52. The van der Waals surface area contributed by atoms with Gasteiger partial charge >= 0.3 is 0 Å². The lowest BCUT2D eigenvalue weighted by Crippen LogP contribution is -2.49. The molecule has 0 bridgehead atoms. The van der Waals surface area contributed by atoms with Crippen LogP contribution in [0.25, 0.3) is 0 Å².